The second kappa shape index (κ2) is 10.2. The number of hydrogen-bond acceptors (Lipinski definition) is 6. The van der Waals surface area contributed by atoms with E-state index >= 15 is 0 Å². The van der Waals surface area contributed by atoms with E-state index in [2.05, 4.69) is 10.6 Å². The minimum Gasteiger partial charge on any atom is -0.497 e. The molecule has 0 radical (unpaired) electrons. The molecule has 0 aliphatic rings. The summed E-state index contributed by atoms with van der Waals surface area (Å²) in [6, 6.07) is 24.4. The van der Waals surface area contributed by atoms with Gasteiger partial charge in [0.25, 0.3) is 5.91 Å². The quantitative estimate of drug-likeness (QED) is 0.353. The van der Waals surface area contributed by atoms with Crippen LogP contribution in [0, 0.1) is 0 Å². The Morgan fingerprint density at radius 3 is 2.00 bits per heavy atom. The average molecular weight is 476 g/mol. The van der Waals surface area contributed by atoms with Crippen LogP contribution in [0.25, 0.3) is 21.7 Å². The summed E-state index contributed by atoms with van der Waals surface area (Å²) < 4.78 is 10.6. The molecule has 2 N–H and O–H groups in total. The van der Waals surface area contributed by atoms with E-state index in [1.165, 1.54) is 11.3 Å². The predicted octanol–water partition coefficient (Wildman–Crippen LogP) is 5.62. The minimum absolute atomic E-state index is 0.181. The zero-order valence-corrected chi connectivity index (χ0v) is 19.6. The van der Waals surface area contributed by atoms with Gasteiger partial charge in [0.2, 0.25) is 0 Å². The van der Waals surface area contributed by atoms with E-state index in [1.807, 2.05) is 54.6 Å². The number of hydrogen-bond donors (Lipinski definition) is 2. The van der Waals surface area contributed by atoms with Crippen molar-refractivity contribution >= 4 is 39.7 Å². The Labute approximate surface area is 201 Å². The summed E-state index contributed by atoms with van der Waals surface area (Å²) in [7, 11) is 3.27. The number of amides is 1. The highest BCUT2D eigenvalue weighted by Gasteiger charge is 2.17. The fourth-order valence-electron chi connectivity index (χ4n) is 3.15. The van der Waals surface area contributed by atoms with Crippen molar-refractivity contribution in [2.45, 2.75) is 0 Å². The van der Waals surface area contributed by atoms with E-state index in [-0.39, 0.29) is 11.0 Å². The zero-order valence-electron chi connectivity index (χ0n) is 18.0. The maximum absolute atomic E-state index is 12.4. The van der Waals surface area contributed by atoms with Crippen LogP contribution < -0.4 is 20.1 Å². The van der Waals surface area contributed by atoms with Gasteiger partial charge in [-0.25, -0.2) is 4.98 Å². The first kappa shape index (κ1) is 22.4. The van der Waals surface area contributed by atoms with Crippen molar-refractivity contribution in [2.75, 3.05) is 19.5 Å². The van der Waals surface area contributed by atoms with Crippen molar-refractivity contribution in [3.63, 3.8) is 0 Å². The molecular formula is C25H21N3O3S2. The minimum atomic E-state index is -0.282. The van der Waals surface area contributed by atoms with E-state index in [4.69, 9.17) is 26.7 Å². The van der Waals surface area contributed by atoms with Gasteiger partial charge in [0.15, 0.2) is 10.2 Å². The summed E-state index contributed by atoms with van der Waals surface area (Å²) >= 11 is 6.80. The number of carbonyl (C=O) groups excluding carboxylic acids is 1. The van der Waals surface area contributed by atoms with E-state index < -0.39 is 0 Å². The predicted molar refractivity (Wildman–Crippen MR) is 136 cm³/mol. The normalized spacial score (nSPS) is 10.4. The van der Waals surface area contributed by atoms with Crippen molar-refractivity contribution in [3.05, 3.63) is 84.4 Å². The van der Waals surface area contributed by atoms with Crippen LogP contribution in [0.5, 0.6) is 11.5 Å². The number of carbonyl (C=O) groups is 1. The molecule has 4 rings (SSSR count). The Kier molecular flexibility index (Phi) is 6.97. The van der Waals surface area contributed by atoms with Crippen LogP contribution in [-0.2, 0) is 0 Å². The maximum atomic E-state index is 12.4. The molecule has 8 heteroatoms. The third-order valence-electron chi connectivity index (χ3n) is 4.83. The summed E-state index contributed by atoms with van der Waals surface area (Å²) in [6.07, 6.45) is 0. The Bertz CT molecular complexity index is 1190. The molecule has 0 bridgehead atoms. The standard InChI is InChI=1S/C25H21N3O3S2/c1-30-19-12-8-16(9-13-19)21-22(17-10-14-20(31-2)15-11-17)33-25(26-21)28-24(32)27-23(29)18-6-4-3-5-7-18/h3-15H,1-2H3,(H2,26,27,28,29,32). The largest absolute Gasteiger partial charge is 0.497 e. The molecule has 1 heterocycles. The van der Waals surface area contributed by atoms with E-state index in [0.29, 0.717) is 10.7 Å². The monoisotopic (exact) mass is 475 g/mol. The van der Waals surface area contributed by atoms with Crippen molar-refractivity contribution < 1.29 is 14.3 Å². The van der Waals surface area contributed by atoms with Gasteiger partial charge in [-0.15, -0.1) is 0 Å². The number of rotatable bonds is 6. The number of nitrogens with one attached hydrogen (secondary N) is 2. The van der Waals surface area contributed by atoms with E-state index in [0.717, 1.165) is 33.2 Å². The number of ether oxygens (including phenoxy) is 2. The van der Waals surface area contributed by atoms with Gasteiger partial charge in [-0.2, -0.15) is 0 Å². The Morgan fingerprint density at radius 1 is 0.848 bits per heavy atom. The highest BCUT2D eigenvalue weighted by atomic mass is 32.1. The fraction of sp³-hybridized carbons (Fsp3) is 0.0800. The van der Waals surface area contributed by atoms with Gasteiger partial charge in [0, 0.05) is 11.1 Å². The van der Waals surface area contributed by atoms with E-state index in [9.17, 15) is 4.79 Å². The van der Waals surface area contributed by atoms with Crippen LogP contribution in [-0.4, -0.2) is 30.2 Å². The third-order valence-corrected chi connectivity index (χ3v) is 6.05. The number of nitrogens with zero attached hydrogens (tertiary/aromatic N) is 1. The average Bonchev–Trinajstić information content (AvgIpc) is 3.28. The van der Waals surface area contributed by atoms with Crippen LogP contribution in [0.3, 0.4) is 0 Å². The number of methoxy groups -OCH3 is 2. The van der Waals surface area contributed by atoms with Crippen LogP contribution in [0.15, 0.2) is 78.9 Å². The van der Waals surface area contributed by atoms with Crippen LogP contribution in [0.2, 0.25) is 0 Å². The summed E-state index contributed by atoms with van der Waals surface area (Å²) in [5.41, 5.74) is 3.25. The number of thiazole rings is 1. The van der Waals surface area contributed by atoms with Crippen LogP contribution in [0.1, 0.15) is 10.4 Å². The molecule has 0 unspecified atom stereocenters. The summed E-state index contributed by atoms with van der Waals surface area (Å²) in [6.45, 7) is 0. The van der Waals surface area contributed by atoms with Gasteiger partial charge in [-0.1, -0.05) is 29.5 Å². The van der Waals surface area contributed by atoms with Gasteiger partial charge in [-0.05, 0) is 78.4 Å². The van der Waals surface area contributed by atoms with Gasteiger partial charge in [-0.3, -0.25) is 10.1 Å². The molecule has 3 aromatic carbocycles. The molecule has 4 aromatic rings. The zero-order chi connectivity index (χ0) is 23.2. The number of anilines is 1. The second-order valence-electron chi connectivity index (χ2n) is 6.93. The molecule has 0 aliphatic heterocycles. The molecule has 1 amide bonds. The molecule has 0 saturated heterocycles. The Hall–Kier alpha value is -3.75. The van der Waals surface area contributed by atoms with Crippen molar-refractivity contribution in [1.82, 2.24) is 10.3 Å². The number of benzene rings is 3. The van der Waals surface area contributed by atoms with Gasteiger partial charge >= 0.3 is 0 Å². The summed E-state index contributed by atoms with van der Waals surface area (Å²) in [5.74, 6) is 1.26. The second-order valence-corrected chi connectivity index (χ2v) is 8.34. The van der Waals surface area contributed by atoms with Crippen molar-refractivity contribution in [3.8, 4) is 33.2 Å². The van der Waals surface area contributed by atoms with Gasteiger partial charge < -0.3 is 14.8 Å². The van der Waals surface area contributed by atoms with E-state index in [1.54, 1.807) is 38.5 Å². The highest BCUT2D eigenvalue weighted by molar-refractivity contribution is 7.80. The van der Waals surface area contributed by atoms with Crippen molar-refractivity contribution in [1.29, 1.82) is 0 Å². The fourth-order valence-corrected chi connectivity index (χ4v) is 4.40. The van der Waals surface area contributed by atoms with Gasteiger partial charge in [0.05, 0.1) is 24.8 Å². The molecule has 6 nitrogen and oxygen atoms in total. The first-order valence-electron chi connectivity index (χ1n) is 10.0. The number of thiocarbonyl (C=S) groups is 1. The summed E-state index contributed by atoms with van der Waals surface area (Å²) in [4.78, 5) is 18.1. The maximum Gasteiger partial charge on any atom is 0.257 e. The molecule has 0 saturated carbocycles. The first-order chi connectivity index (χ1) is 16.1. The lowest BCUT2D eigenvalue weighted by molar-refractivity contribution is 0.0977. The molecule has 0 spiro atoms. The molecule has 166 valence electrons. The Balaban J connectivity index is 1.62. The first-order valence-corrected chi connectivity index (χ1v) is 11.3. The molecule has 0 aliphatic carbocycles. The molecular weight excluding hydrogens is 454 g/mol. The molecule has 33 heavy (non-hydrogen) atoms. The summed E-state index contributed by atoms with van der Waals surface area (Å²) in [5, 5.41) is 6.50. The van der Waals surface area contributed by atoms with Gasteiger partial charge in [0.1, 0.15) is 11.5 Å². The number of aromatic nitrogens is 1. The third kappa shape index (κ3) is 5.36. The topological polar surface area (TPSA) is 72.5 Å². The lowest BCUT2D eigenvalue weighted by Gasteiger charge is -2.07. The molecule has 1 aromatic heterocycles. The SMILES string of the molecule is COc1ccc(-c2nc(NC(=S)NC(=O)c3ccccc3)sc2-c2ccc(OC)cc2)cc1. The van der Waals surface area contributed by atoms with Crippen LogP contribution in [0.4, 0.5) is 5.13 Å². The molecule has 0 atom stereocenters. The highest BCUT2D eigenvalue weighted by Crippen LogP contribution is 2.40. The molecule has 0 fully saturated rings. The van der Waals surface area contributed by atoms with Crippen molar-refractivity contribution in [2.24, 2.45) is 0 Å². The lowest BCUT2D eigenvalue weighted by atomic mass is 10.1. The lowest BCUT2D eigenvalue weighted by Crippen LogP contribution is -2.34. The Morgan fingerprint density at radius 2 is 1.42 bits per heavy atom. The smallest absolute Gasteiger partial charge is 0.257 e. The van der Waals surface area contributed by atoms with Crippen LogP contribution >= 0.6 is 23.6 Å².